The Hall–Kier alpha value is -1.26. The lowest BCUT2D eigenvalue weighted by Gasteiger charge is -2.18. The van der Waals surface area contributed by atoms with Crippen molar-refractivity contribution < 1.29 is 14.2 Å². The average molecular weight is 279 g/mol. The Labute approximate surface area is 121 Å². The monoisotopic (exact) mass is 279 g/mol. The number of nitrogens with one attached hydrogen (secondary N) is 1. The zero-order chi connectivity index (χ0) is 14.4. The second-order valence-electron chi connectivity index (χ2n) is 5.38. The predicted molar refractivity (Wildman–Crippen MR) is 79.4 cm³/mol. The summed E-state index contributed by atoms with van der Waals surface area (Å²) in [6, 6.07) is 6.00. The molecule has 1 unspecified atom stereocenters. The van der Waals surface area contributed by atoms with Gasteiger partial charge in [0.2, 0.25) is 0 Å². The number of methoxy groups -OCH3 is 1. The van der Waals surface area contributed by atoms with Crippen LogP contribution in [0.3, 0.4) is 0 Å². The second-order valence-corrected chi connectivity index (χ2v) is 5.38. The molecular weight excluding hydrogens is 254 g/mol. The van der Waals surface area contributed by atoms with Crippen molar-refractivity contribution in [1.82, 2.24) is 5.32 Å². The molecule has 1 aliphatic rings. The molecule has 1 fully saturated rings. The van der Waals surface area contributed by atoms with E-state index in [-0.39, 0.29) is 6.10 Å². The largest absolute Gasteiger partial charge is 0.493 e. The molecule has 2 rings (SSSR count). The second kappa shape index (κ2) is 7.50. The maximum absolute atomic E-state index is 5.89. The molecule has 0 spiro atoms. The topological polar surface area (TPSA) is 39.7 Å². The molecule has 1 saturated heterocycles. The third kappa shape index (κ3) is 4.12. The molecule has 0 bridgehead atoms. The number of rotatable bonds is 7. The van der Waals surface area contributed by atoms with Crippen molar-refractivity contribution in [3.63, 3.8) is 0 Å². The summed E-state index contributed by atoms with van der Waals surface area (Å²) in [5.41, 5.74) is 1.12. The standard InChI is InChI=1S/C16H25NO3/c1-12(2)20-16-13(6-4-8-15(16)18-3)10-17-11-14-7-5-9-19-14/h4,6,8,12,14,17H,5,7,9-11H2,1-3H3. The highest BCUT2D eigenvalue weighted by Crippen LogP contribution is 2.31. The summed E-state index contributed by atoms with van der Waals surface area (Å²) >= 11 is 0. The Kier molecular flexibility index (Phi) is 5.68. The quantitative estimate of drug-likeness (QED) is 0.833. The molecule has 1 aliphatic heterocycles. The first-order valence-electron chi connectivity index (χ1n) is 7.35. The highest BCUT2D eigenvalue weighted by molar-refractivity contribution is 5.46. The lowest BCUT2D eigenvalue weighted by Crippen LogP contribution is -2.26. The van der Waals surface area contributed by atoms with Gasteiger partial charge < -0.3 is 19.5 Å². The first-order chi connectivity index (χ1) is 9.70. The lowest BCUT2D eigenvalue weighted by molar-refractivity contribution is 0.110. The molecule has 112 valence electrons. The summed E-state index contributed by atoms with van der Waals surface area (Å²) < 4.78 is 16.9. The summed E-state index contributed by atoms with van der Waals surface area (Å²) in [7, 11) is 1.67. The summed E-state index contributed by atoms with van der Waals surface area (Å²) in [5, 5.41) is 3.45. The Balaban J connectivity index is 1.97. The van der Waals surface area contributed by atoms with Gasteiger partial charge in [0.1, 0.15) is 0 Å². The summed E-state index contributed by atoms with van der Waals surface area (Å²) in [6.07, 6.45) is 2.81. The molecule has 0 radical (unpaired) electrons. The smallest absolute Gasteiger partial charge is 0.166 e. The Bertz CT molecular complexity index is 414. The molecule has 1 aromatic carbocycles. The number of hydrogen-bond acceptors (Lipinski definition) is 4. The summed E-state index contributed by atoms with van der Waals surface area (Å²) in [4.78, 5) is 0. The van der Waals surface area contributed by atoms with Gasteiger partial charge in [0, 0.05) is 25.3 Å². The maximum Gasteiger partial charge on any atom is 0.166 e. The third-order valence-corrected chi connectivity index (χ3v) is 3.35. The van der Waals surface area contributed by atoms with Crippen molar-refractivity contribution in [2.45, 2.75) is 45.4 Å². The van der Waals surface area contributed by atoms with Crippen LogP contribution in [0.4, 0.5) is 0 Å². The van der Waals surface area contributed by atoms with E-state index in [2.05, 4.69) is 11.4 Å². The van der Waals surface area contributed by atoms with E-state index in [4.69, 9.17) is 14.2 Å². The van der Waals surface area contributed by atoms with E-state index in [9.17, 15) is 0 Å². The van der Waals surface area contributed by atoms with E-state index in [0.29, 0.717) is 6.10 Å². The molecule has 1 atom stereocenters. The van der Waals surface area contributed by atoms with Gasteiger partial charge in [-0.1, -0.05) is 12.1 Å². The molecule has 4 nitrogen and oxygen atoms in total. The van der Waals surface area contributed by atoms with E-state index in [1.165, 1.54) is 6.42 Å². The fourth-order valence-electron chi connectivity index (χ4n) is 2.40. The molecule has 0 amide bonds. The zero-order valence-corrected chi connectivity index (χ0v) is 12.6. The van der Waals surface area contributed by atoms with E-state index in [0.717, 1.165) is 43.2 Å². The van der Waals surface area contributed by atoms with Gasteiger partial charge in [0.25, 0.3) is 0 Å². The van der Waals surface area contributed by atoms with Gasteiger partial charge in [0.05, 0.1) is 19.3 Å². The van der Waals surface area contributed by atoms with Crippen molar-refractivity contribution in [3.8, 4) is 11.5 Å². The van der Waals surface area contributed by atoms with Crippen LogP contribution in [0.15, 0.2) is 18.2 Å². The number of ether oxygens (including phenoxy) is 3. The van der Waals surface area contributed by atoms with Crippen LogP contribution in [-0.4, -0.2) is 32.5 Å². The van der Waals surface area contributed by atoms with Crippen molar-refractivity contribution in [1.29, 1.82) is 0 Å². The SMILES string of the molecule is COc1cccc(CNCC2CCCO2)c1OC(C)C. The van der Waals surface area contributed by atoms with Crippen LogP contribution in [0.25, 0.3) is 0 Å². The molecule has 20 heavy (non-hydrogen) atoms. The molecule has 0 saturated carbocycles. The van der Waals surface area contributed by atoms with Crippen molar-refractivity contribution in [2.75, 3.05) is 20.3 Å². The van der Waals surface area contributed by atoms with Crippen molar-refractivity contribution in [2.24, 2.45) is 0 Å². The summed E-state index contributed by atoms with van der Waals surface area (Å²) in [5.74, 6) is 1.62. The van der Waals surface area contributed by atoms with E-state index in [1.54, 1.807) is 7.11 Å². The minimum absolute atomic E-state index is 0.128. The Morgan fingerprint density at radius 1 is 1.40 bits per heavy atom. The minimum atomic E-state index is 0.128. The van der Waals surface area contributed by atoms with E-state index >= 15 is 0 Å². The fourth-order valence-corrected chi connectivity index (χ4v) is 2.40. The zero-order valence-electron chi connectivity index (χ0n) is 12.6. The molecule has 4 heteroatoms. The number of para-hydroxylation sites is 1. The first kappa shape index (κ1) is 15.1. The van der Waals surface area contributed by atoms with E-state index in [1.807, 2.05) is 26.0 Å². The van der Waals surface area contributed by atoms with Crippen LogP contribution in [0.5, 0.6) is 11.5 Å². The van der Waals surface area contributed by atoms with Gasteiger partial charge in [-0.15, -0.1) is 0 Å². The minimum Gasteiger partial charge on any atom is -0.493 e. The van der Waals surface area contributed by atoms with Crippen LogP contribution in [0.1, 0.15) is 32.3 Å². The van der Waals surface area contributed by atoms with Gasteiger partial charge in [-0.25, -0.2) is 0 Å². The maximum atomic E-state index is 5.89. The van der Waals surface area contributed by atoms with Crippen LogP contribution in [0.2, 0.25) is 0 Å². The Morgan fingerprint density at radius 3 is 2.90 bits per heavy atom. The van der Waals surface area contributed by atoms with Gasteiger partial charge in [-0.2, -0.15) is 0 Å². The van der Waals surface area contributed by atoms with Crippen LogP contribution in [0, 0.1) is 0 Å². The molecule has 0 aromatic heterocycles. The van der Waals surface area contributed by atoms with Crippen LogP contribution >= 0.6 is 0 Å². The Morgan fingerprint density at radius 2 is 2.25 bits per heavy atom. The van der Waals surface area contributed by atoms with Crippen LogP contribution in [-0.2, 0) is 11.3 Å². The fraction of sp³-hybridized carbons (Fsp3) is 0.625. The highest BCUT2D eigenvalue weighted by atomic mass is 16.5. The summed E-state index contributed by atoms with van der Waals surface area (Å²) in [6.45, 7) is 6.59. The normalized spacial score (nSPS) is 18.5. The highest BCUT2D eigenvalue weighted by Gasteiger charge is 2.16. The van der Waals surface area contributed by atoms with Gasteiger partial charge in [0.15, 0.2) is 11.5 Å². The molecule has 1 aromatic rings. The number of hydrogen-bond donors (Lipinski definition) is 1. The van der Waals surface area contributed by atoms with Gasteiger partial charge in [-0.3, -0.25) is 0 Å². The van der Waals surface area contributed by atoms with Crippen LogP contribution < -0.4 is 14.8 Å². The number of benzene rings is 1. The van der Waals surface area contributed by atoms with Gasteiger partial charge >= 0.3 is 0 Å². The first-order valence-corrected chi connectivity index (χ1v) is 7.35. The molecule has 1 heterocycles. The predicted octanol–water partition coefficient (Wildman–Crippen LogP) is 2.75. The molecule has 0 aliphatic carbocycles. The molecular formula is C16H25NO3. The average Bonchev–Trinajstić information content (AvgIpc) is 2.93. The van der Waals surface area contributed by atoms with E-state index < -0.39 is 0 Å². The van der Waals surface area contributed by atoms with Crippen molar-refractivity contribution in [3.05, 3.63) is 23.8 Å². The lowest BCUT2D eigenvalue weighted by atomic mass is 10.1. The van der Waals surface area contributed by atoms with Crippen molar-refractivity contribution >= 4 is 0 Å². The third-order valence-electron chi connectivity index (χ3n) is 3.35. The van der Waals surface area contributed by atoms with Gasteiger partial charge in [-0.05, 0) is 32.8 Å². The molecule has 1 N–H and O–H groups in total.